The highest BCUT2D eigenvalue weighted by molar-refractivity contribution is 6.14. The molecule has 9 nitrogen and oxygen atoms in total. The Morgan fingerprint density at radius 2 is 1.76 bits per heavy atom. The molecule has 0 amide bonds. The molecule has 2 heterocycles. The van der Waals surface area contributed by atoms with Crippen molar-refractivity contribution >= 4 is 38.4 Å². The van der Waals surface area contributed by atoms with Crippen molar-refractivity contribution in [2.75, 3.05) is 0 Å². The van der Waals surface area contributed by atoms with Crippen molar-refractivity contribution in [3.63, 3.8) is 0 Å². The molecule has 0 bridgehead atoms. The van der Waals surface area contributed by atoms with E-state index in [-0.39, 0.29) is 31.4 Å². The summed E-state index contributed by atoms with van der Waals surface area (Å²) in [5, 5.41) is 59.8. The number of rotatable bonds is 2. The van der Waals surface area contributed by atoms with E-state index in [9.17, 15) is 30.3 Å². The van der Waals surface area contributed by atoms with Crippen molar-refractivity contribution in [2.24, 2.45) is 5.92 Å². The van der Waals surface area contributed by atoms with Crippen LogP contribution in [0.25, 0.3) is 32.4 Å². The summed E-state index contributed by atoms with van der Waals surface area (Å²) in [6, 6.07) is 15.8. The number of aromatic nitrogens is 1. The third kappa shape index (κ3) is 2.92. The summed E-state index contributed by atoms with van der Waals surface area (Å²) in [6.07, 6.45) is -2.85. The molecule has 37 heavy (non-hydrogen) atoms. The molecule has 7 unspecified atom stereocenters. The summed E-state index contributed by atoms with van der Waals surface area (Å²) < 4.78 is 11.3. The predicted octanol–water partition coefficient (Wildman–Crippen LogP) is 1.85. The van der Waals surface area contributed by atoms with Gasteiger partial charge in [0.15, 0.2) is 11.9 Å². The van der Waals surface area contributed by atoms with E-state index in [4.69, 9.17) is 9.47 Å². The van der Waals surface area contributed by atoms with Crippen LogP contribution in [0.15, 0.2) is 54.7 Å². The number of carbonyl (C=O) groups is 1. The maximum absolute atomic E-state index is 13.3. The third-order valence-corrected chi connectivity index (χ3v) is 8.83. The lowest BCUT2D eigenvalue weighted by molar-refractivity contribution is -0.367. The lowest BCUT2D eigenvalue weighted by Crippen LogP contribution is -2.72. The quantitative estimate of drug-likeness (QED) is 0.178. The highest BCUT2D eigenvalue weighted by atomic mass is 16.7. The number of ether oxygens (including phenoxy) is 2. The van der Waals surface area contributed by atoms with Crippen LogP contribution in [0.1, 0.15) is 25.7 Å². The van der Waals surface area contributed by atoms with Crippen molar-refractivity contribution in [1.82, 2.24) is 4.98 Å². The molecule has 7 rings (SSSR count). The number of aromatic amines is 1. The summed E-state index contributed by atoms with van der Waals surface area (Å²) >= 11 is 0. The Kier molecular flexibility index (Phi) is 4.68. The highest BCUT2D eigenvalue weighted by Crippen LogP contribution is 2.59. The molecule has 2 aliphatic carbocycles. The van der Waals surface area contributed by atoms with Gasteiger partial charge in [0, 0.05) is 18.1 Å². The second-order valence-corrected chi connectivity index (χ2v) is 10.8. The monoisotopic (exact) mass is 505 g/mol. The minimum absolute atomic E-state index is 0.112. The van der Waals surface area contributed by atoms with Gasteiger partial charge in [-0.25, -0.2) is 4.79 Å². The number of nitrogens with one attached hydrogen (secondary N) is 1. The number of aliphatic hydroxyl groups excluding tert-OH is 2. The predicted molar refractivity (Wildman–Crippen MR) is 133 cm³/mol. The molecule has 6 N–H and O–H groups in total. The van der Waals surface area contributed by atoms with Crippen LogP contribution in [-0.2, 0) is 9.53 Å². The summed E-state index contributed by atoms with van der Waals surface area (Å²) in [5.74, 6) is -4.00. The minimum Gasteiger partial charge on any atom is -0.422 e. The van der Waals surface area contributed by atoms with Crippen LogP contribution in [0.5, 0.6) is 5.75 Å². The van der Waals surface area contributed by atoms with E-state index in [1.165, 1.54) is 6.20 Å². The van der Waals surface area contributed by atoms with Gasteiger partial charge in [0.05, 0.1) is 11.5 Å². The van der Waals surface area contributed by atoms with Gasteiger partial charge in [-0.05, 0) is 64.9 Å². The average Bonchev–Trinajstić information content (AvgIpc) is 3.49. The fraction of sp³-hybridized carbons (Fsp3) is 0.393. The van der Waals surface area contributed by atoms with E-state index in [1.807, 2.05) is 42.5 Å². The normalized spacial score (nSPS) is 37.2. The van der Waals surface area contributed by atoms with Gasteiger partial charge in [-0.1, -0.05) is 30.3 Å². The van der Waals surface area contributed by atoms with E-state index in [1.54, 1.807) is 0 Å². The number of esters is 1. The number of fused-ring (bicyclic) bond motifs is 7. The molecule has 3 fully saturated rings. The molecule has 1 aromatic heterocycles. The molecule has 7 atom stereocenters. The number of carbonyl (C=O) groups excluding carboxylic acids is 1. The number of benzene rings is 3. The maximum Gasteiger partial charge on any atom is 0.343 e. The Labute approximate surface area is 210 Å². The Bertz CT molecular complexity index is 1580. The number of hydrogen-bond acceptors (Lipinski definition) is 8. The maximum atomic E-state index is 13.3. The molecule has 0 radical (unpaired) electrons. The third-order valence-electron chi connectivity index (χ3n) is 8.83. The van der Waals surface area contributed by atoms with Crippen LogP contribution in [0.2, 0.25) is 0 Å². The van der Waals surface area contributed by atoms with Gasteiger partial charge in [-0.3, -0.25) is 0 Å². The molecule has 4 aromatic rings. The minimum atomic E-state index is -2.64. The lowest BCUT2D eigenvalue weighted by atomic mass is 9.64. The Balaban J connectivity index is 1.26. The van der Waals surface area contributed by atoms with Crippen molar-refractivity contribution < 1.29 is 39.8 Å². The molecule has 1 saturated heterocycles. The molecule has 9 heteroatoms. The topological polar surface area (TPSA) is 152 Å². The fourth-order valence-corrected chi connectivity index (χ4v) is 6.93. The number of aliphatic hydroxyl groups is 5. The fourth-order valence-electron chi connectivity index (χ4n) is 6.93. The van der Waals surface area contributed by atoms with Crippen molar-refractivity contribution in [3.05, 3.63) is 54.7 Å². The van der Waals surface area contributed by atoms with Crippen LogP contribution < -0.4 is 4.74 Å². The standard InChI is InChI=1S/C28H27NO8/c30-18-11-17-7-8-26(33)24(31)23(37-28(26,35)27(17,34)12-18)25(32)36-21-13-29-20-6-5-16-9-14-3-1-2-4-15(14)10-19(16)22(20)21/h1-6,9-10,13,17-18,23-24,29-31,33-35H,7-8,11-12H2. The first kappa shape index (κ1) is 23.1. The Morgan fingerprint density at radius 1 is 1.00 bits per heavy atom. The average molecular weight is 506 g/mol. The first-order valence-electron chi connectivity index (χ1n) is 12.5. The summed E-state index contributed by atoms with van der Waals surface area (Å²) in [4.78, 5) is 16.4. The van der Waals surface area contributed by atoms with Crippen LogP contribution in [0.4, 0.5) is 0 Å². The first-order valence-corrected chi connectivity index (χ1v) is 12.5. The first-order chi connectivity index (χ1) is 17.6. The molecule has 1 aliphatic heterocycles. The van der Waals surface area contributed by atoms with E-state index in [0.717, 1.165) is 27.1 Å². The molecule has 3 aliphatic rings. The molecular weight excluding hydrogens is 478 g/mol. The summed E-state index contributed by atoms with van der Waals surface area (Å²) in [5.41, 5.74) is -3.59. The largest absolute Gasteiger partial charge is 0.422 e. The zero-order valence-electron chi connectivity index (χ0n) is 19.8. The Hall–Kier alpha value is -3.05. The van der Waals surface area contributed by atoms with Crippen molar-refractivity contribution in [3.8, 4) is 5.75 Å². The number of H-pyrrole nitrogens is 1. The molecular formula is C28H27NO8. The molecule has 3 aromatic carbocycles. The van der Waals surface area contributed by atoms with E-state index < -0.39 is 47.2 Å². The summed E-state index contributed by atoms with van der Waals surface area (Å²) in [7, 11) is 0. The summed E-state index contributed by atoms with van der Waals surface area (Å²) in [6.45, 7) is 0. The van der Waals surface area contributed by atoms with Gasteiger partial charge in [0.25, 0.3) is 0 Å². The highest BCUT2D eigenvalue weighted by Gasteiger charge is 2.78. The SMILES string of the molecule is O=C(Oc1c[nH]c2ccc3cc4ccccc4cc3c12)C1OC2(O)C3(O)CC(O)CC3CCC2(O)C1O. The van der Waals surface area contributed by atoms with E-state index >= 15 is 0 Å². The number of hydrogen-bond donors (Lipinski definition) is 6. The zero-order chi connectivity index (χ0) is 25.7. The molecule has 192 valence electrons. The van der Waals surface area contributed by atoms with Crippen molar-refractivity contribution in [2.45, 2.75) is 61.0 Å². The lowest BCUT2D eigenvalue weighted by Gasteiger charge is -2.52. The van der Waals surface area contributed by atoms with Gasteiger partial charge in [0.1, 0.15) is 17.3 Å². The van der Waals surface area contributed by atoms with Crippen LogP contribution >= 0.6 is 0 Å². The van der Waals surface area contributed by atoms with Crippen LogP contribution in [-0.4, -0.2) is 71.8 Å². The van der Waals surface area contributed by atoms with Gasteiger partial charge in [0.2, 0.25) is 5.79 Å². The Morgan fingerprint density at radius 3 is 2.54 bits per heavy atom. The van der Waals surface area contributed by atoms with Crippen molar-refractivity contribution in [1.29, 1.82) is 0 Å². The van der Waals surface area contributed by atoms with Gasteiger partial charge in [-0.15, -0.1) is 0 Å². The van der Waals surface area contributed by atoms with E-state index in [0.29, 0.717) is 5.39 Å². The van der Waals surface area contributed by atoms with E-state index in [2.05, 4.69) is 11.1 Å². The second-order valence-electron chi connectivity index (χ2n) is 10.8. The molecule has 0 spiro atoms. The molecule has 2 saturated carbocycles. The van der Waals surface area contributed by atoms with Crippen LogP contribution in [0, 0.1) is 5.92 Å². The smallest absolute Gasteiger partial charge is 0.343 e. The second kappa shape index (κ2) is 7.50. The van der Waals surface area contributed by atoms with Crippen LogP contribution in [0.3, 0.4) is 0 Å². The van der Waals surface area contributed by atoms with Gasteiger partial charge in [-0.2, -0.15) is 0 Å². The van der Waals surface area contributed by atoms with Gasteiger partial charge >= 0.3 is 5.97 Å². The zero-order valence-corrected chi connectivity index (χ0v) is 19.8. The van der Waals surface area contributed by atoms with Gasteiger partial charge < -0.3 is 40.0 Å².